The van der Waals surface area contributed by atoms with Crippen LogP contribution >= 0.6 is 11.8 Å². The monoisotopic (exact) mass is 542 g/mol. The summed E-state index contributed by atoms with van der Waals surface area (Å²) in [5.74, 6) is -0.112. The van der Waals surface area contributed by atoms with Gasteiger partial charge in [-0.3, -0.25) is 14.7 Å². The molecule has 202 valence electrons. The molecule has 3 N–H and O–H groups in total. The van der Waals surface area contributed by atoms with Crippen molar-refractivity contribution in [2.75, 3.05) is 24.5 Å². The van der Waals surface area contributed by atoms with Crippen LogP contribution in [-0.4, -0.2) is 58.9 Å². The molecule has 4 atom stereocenters. The van der Waals surface area contributed by atoms with Crippen LogP contribution in [0.2, 0.25) is 0 Å². The Morgan fingerprint density at radius 2 is 2.05 bits per heavy atom. The number of allylic oxidation sites excluding steroid dienone is 1. The number of rotatable bonds is 6. The van der Waals surface area contributed by atoms with Gasteiger partial charge in [0.25, 0.3) is 5.91 Å². The number of amides is 3. The Kier molecular flexibility index (Phi) is 6.95. The molecule has 0 saturated carbocycles. The first-order valence-corrected chi connectivity index (χ1v) is 14.5. The Morgan fingerprint density at radius 1 is 1.23 bits per heavy atom. The second-order valence-corrected chi connectivity index (χ2v) is 11.7. The molecule has 0 aliphatic carbocycles. The van der Waals surface area contributed by atoms with Crippen molar-refractivity contribution >= 4 is 29.4 Å². The van der Waals surface area contributed by atoms with E-state index < -0.39 is 0 Å². The van der Waals surface area contributed by atoms with E-state index >= 15 is 0 Å². The van der Waals surface area contributed by atoms with Gasteiger partial charge in [-0.1, -0.05) is 55.3 Å². The topological polar surface area (TPSA) is 89.6 Å². The van der Waals surface area contributed by atoms with Gasteiger partial charge in [-0.2, -0.15) is 0 Å². The van der Waals surface area contributed by atoms with Gasteiger partial charge < -0.3 is 20.9 Å². The molecule has 6 rings (SSSR count). The third-order valence-corrected chi connectivity index (χ3v) is 9.58. The predicted molar refractivity (Wildman–Crippen MR) is 156 cm³/mol. The molecule has 1 aromatic carbocycles. The van der Waals surface area contributed by atoms with Crippen LogP contribution in [0.25, 0.3) is 11.3 Å². The van der Waals surface area contributed by atoms with E-state index in [0.29, 0.717) is 11.4 Å². The highest BCUT2D eigenvalue weighted by Crippen LogP contribution is 2.48. The molecular weight excluding hydrogens is 508 g/mol. The molecule has 3 unspecified atom stereocenters. The molecule has 8 nitrogen and oxygen atoms in total. The highest BCUT2D eigenvalue weighted by molar-refractivity contribution is 8.04. The lowest BCUT2D eigenvalue weighted by Gasteiger charge is -2.46. The van der Waals surface area contributed by atoms with Crippen molar-refractivity contribution in [2.24, 2.45) is 5.92 Å². The van der Waals surface area contributed by atoms with E-state index in [1.165, 1.54) is 11.8 Å². The summed E-state index contributed by atoms with van der Waals surface area (Å²) in [6, 6.07) is 11.7. The molecule has 1 aromatic heterocycles. The van der Waals surface area contributed by atoms with E-state index in [2.05, 4.69) is 39.0 Å². The maximum absolute atomic E-state index is 13.7. The van der Waals surface area contributed by atoms with E-state index in [1.54, 1.807) is 12.3 Å². The Morgan fingerprint density at radius 3 is 2.85 bits per heavy atom. The Balaban J connectivity index is 1.27. The number of carbonyl (C=O) groups excluding carboxylic acids is 2. The van der Waals surface area contributed by atoms with Gasteiger partial charge in [0.1, 0.15) is 0 Å². The molecule has 0 bridgehead atoms. The third kappa shape index (κ3) is 4.63. The lowest BCUT2D eigenvalue weighted by atomic mass is 9.86. The fourth-order valence-corrected chi connectivity index (χ4v) is 7.71. The quantitative estimate of drug-likeness (QED) is 0.476. The summed E-state index contributed by atoms with van der Waals surface area (Å²) in [6.45, 7) is 12.3. The van der Waals surface area contributed by atoms with Gasteiger partial charge in [0, 0.05) is 48.2 Å². The van der Waals surface area contributed by atoms with Crippen molar-refractivity contribution < 1.29 is 9.59 Å². The number of thioether (sulfide) groups is 1. The van der Waals surface area contributed by atoms with Gasteiger partial charge in [0.15, 0.2) is 0 Å². The molecule has 4 aliphatic rings. The number of likely N-dealkylation sites (tertiary alicyclic amines) is 1. The molecular formula is C30H34N6O2S. The zero-order chi connectivity index (χ0) is 27.1. The van der Waals surface area contributed by atoms with Crippen LogP contribution in [0, 0.1) is 12.8 Å². The Hall–Kier alpha value is -3.56. The summed E-state index contributed by atoms with van der Waals surface area (Å²) in [6.07, 6.45) is 6.23. The van der Waals surface area contributed by atoms with Crippen LogP contribution in [0.15, 0.2) is 78.1 Å². The summed E-state index contributed by atoms with van der Waals surface area (Å²) in [7, 11) is 0. The molecule has 9 heteroatoms. The average molecular weight is 543 g/mol. The van der Waals surface area contributed by atoms with Gasteiger partial charge in [-0.05, 0) is 50.4 Å². The zero-order valence-electron chi connectivity index (χ0n) is 22.2. The number of nitrogens with zero attached hydrogens (tertiary/aromatic N) is 3. The average Bonchev–Trinajstić information content (AvgIpc) is 3.33. The van der Waals surface area contributed by atoms with E-state index in [1.807, 2.05) is 48.2 Å². The number of anilines is 1. The maximum Gasteiger partial charge on any atom is 0.326 e. The zero-order valence-corrected chi connectivity index (χ0v) is 23.0. The van der Waals surface area contributed by atoms with Crippen LogP contribution in [0.4, 0.5) is 10.5 Å². The third-order valence-electron chi connectivity index (χ3n) is 8.23. The number of urea groups is 1. The van der Waals surface area contributed by atoms with Crippen LogP contribution in [0.1, 0.15) is 24.8 Å². The normalized spacial score (nSPS) is 26.1. The standard InChI is InChI=1S/C30H34N6O2S/c1-4-18(2)35-16-8-11-21(17-35)33-28(37)27-26-24-23(13-15-32-29(24)39-27)36(30(38)34-26)22-12-14-31-25(19(22)3)20-9-6-5-7-10-20/h4-7,9-10,12,14,21,23-24,29,32H,1-2,8,11,13,15-17H2,3H3,(H,33,37)(H,34,38)/t21-,23?,24?,29?/m1/s1. The molecule has 2 aromatic rings. The summed E-state index contributed by atoms with van der Waals surface area (Å²) in [5.41, 5.74) is 5.34. The second kappa shape index (κ2) is 10.5. The van der Waals surface area contributed by atoms with Gasteiger partial charge in [-0.25, -0.2) is 4.79 Å². The van der Waals surface area contributed by atoms with Crippen molar-refractivity contribution in [1.29, 1.82) is 0 Å². The van der Waals surface area contributed by atoms with Crippen molar-refractivity contribution in [3.8, 4) is 11.3 Å². The largest absolute Gasteiger partial charge is 0.370 e. The number of benzene rings is 1. The Bertz CT molecular complexity index is 1360. The first-order valence-electron chi connectivity index (χ1n) is 13.6. The fourth-order valence-electron chi connectivity index (χ4n) is 6.31. The first-order chi connectivity index (χ1) is 19.0. The number of pyridine rings is 1. The molecule has 3 fully saturated rings. The highest BCUT2D eigenvalue weighted by atomic mass is 32.2. The molecule has 5 heterocycles. The lowest BCUT2D eigenvalue weighted by molar-refractivity contribution is -0.117. The van der Waals surface area contributed by atoms with Crippen molar-refractivity contribution in [3.63, 3.8) is 0 Å². The molecule has 0 radical (unpaired) electrons. The van der Waals surface area contributed by atoms with E-state index in [-0.39, 0.29) is 35.3 Å². The SMILES string of the molecule is C=CC(=C)N1CCC[C@@H](NC(=O)C2=C3NC(=O)N(c4ccnc(-c5ccccc5)c4C)C4CCNC(S2)C34)C1. The van der Waals surface area contributed by atoms with Crippen molar-refractivity contribution in [1.82, 2.24) is 25.8 Å². The van der Waals surface area contributed by atoms with E-state index in [9.17, 15) is 9.59 Å². The molecule has 0 spiro atoms. The van der Waals surface area contributed by atoms with Crippen molar-refractivity contribution in [2.45, 2.75) is 43.6 Å². The summed E-state index contributed by atoms with van der Waals surface area (Å²) < 4.78 is 0. The summed E-state index contributed by atoms with van der Waals surface area (Å²) in [5, 5.41) is 9.99. The Labute approximate surface area is 233 Å². The van der Waals surface area contributed by atoms with Crippen LogP contribution in [0.5, 0.6) is 0 Å². The summed E-state index contributed by atoms with van der Waals surface area (Å²) in [4.78, 5) is 36.6. The van der Waals surface area contributed by atoms with Gasteiger partial charge in [-0.15, -0.1) is 0 Å². The van der Waals surface area contributed by atoms with Gasteiger partial charge >= 0.3 is 6.03 Å². The number of hydrogen-bond acceptors (Lipinski definition) is 6. The van der Waals surface area contributed by atoms with E-state index in [0.717, 1.165) is 66.3 Å². The molecule has 4 aliphatic heterocycles. The summed E-state index contributed by atoms with van der Waals surface area (Å²) >= 11 is 1.54. The number of piperidine rings is 2. The first kappa shape index (κ1) is 25.7. The second-order valence-electron chi connectivity index (χ2n) is 10.5. The molecule has 3 amide bonds. The minimum atomic E-state index is -0.195. The van der Waals surface area contributed by atoms with Crippen LogP contribution in [-0.2, 0) is 4.79 Å². The number of nitrogens with one attached hydrogen (secondary N) is 3. The maximum atomic E-state index is 13.7. The van der Waals surface area contributed by atoms with Gasteiger partial charge in [0.05, 0.1) is 27.7 Å². The predicted octanol–water partition coefficient (Wildman–Crippen LogP) is 4.13. The number of carbonyl (C=O) groups is 2. The van der Waals surface area contributed by atoms with Gasteiger partial charge in [0.2, 0.25) is 0 Å². The minimum Gasteiger partial charge on any atom is -0.370 e. The fraction of sp³-hybridized carbons (Fsp3) is 0.367. The highest BCUT2D eigenvalue weighted by Gasteiger charge is 2.52. The van der Waals surface area contributed by atoms with Crippen LogP contribution in [0.3, 0.4) is 0 Å². The lowest BCUT2D eigenvalue weighted by Crippen LogP contribution is -2.62. The smallest absolute Gasteiger partial charge is 0.326 e. The van der Waals surface area contributed by atoms with Crippen LogP contribution < -0.4 is 20.9 Å². The molecule has 39 heavy (non-hydrogen) atoms. The number of hydrogen-bond donors (Lipinski definition) is 3. The minimum absolute atomic E-state index is 0.00154. The van der Waals surface area contributed by atoms with E-state index in [4.69, 9.17) is 0 Å². The number of aromatic nitrogens is 1. The molecule has 3 saturated heterocycles. The van der Waals surface area contributed by atoms with Crippen molar-refractivity contribution in [3.05, 3.63) is 83.7 Å².